The Morgan fingerprint density at radius 2 is 1.80 bits per heavy atom. The molecule has 1 rings (SSSR count). The normalized spacial score (nSPS) is 33.2. The van der Waals surface area contributed by atoms with Crippen LogP contribution in [0.5, 0.6) is 0 Å². The zero-order chi connectivity index (χ0) is 7.56. The summed E-state index contributed by atoms with van der Waals surface area (Å²) in [5.74, 6) is 2.70. The molecular weight excluding hydrogens is 120 g/mol. The summed E-state index contributed by atoms with van der Waals surface area (Å²) in [6, 6.07) is 0. The molecule has 10 heavy (non-hydrogen) atoms. The minimum atomic E-state index is 0.861. The SMILES string of the molecule is CC(C)[C@H]1CC=CC[C@H]1C. The molecule has 0 amide bonds. The van der Waals surface area contributed by atoms with Crippen molar-refractivity contribution in [3.05, 3.63) is 12.2 Å². The fraction of sp³-hybridized carbons (Fsp3) is 0.800. The van der Waals surface area contributed by atoms with E-state index in [9.17, 15) is 0 Å². The minimum absolute atomic E-state index is 0.861. The lowest BCUT2D eigenvalue weighted by Crippen LogP contribution is -2.18. The summed E-state index contributed by atoms with van der Waals surface area (Å²) in [5, 5.41) is 0. The molecule has 1 aliphatic rings. The third-order valence-corrected chi connectivity index (χ3v) is 2.67. The second-order valence-corrected chi connectivity index (χ2v) is 3.83. The third-order valence-electron chi connectivity index (χ3n) is 2.67. The van der Waals surface area contributed by atoms with Crippen LogP contribution in [0.15, 0.2) is 12.2 Å². The highest BCUT2D eigenvalue weighted by molar-refractivity contribution is 4.93. The van der Waals surface area contributed by atoms with Crippen LogP contribution in [0.25, 0.3) is 0 Å². The summed E-state index contributed by atoms with van der Waals surface area (Å²) < 4.78 is 0. The summed E-state index contributed by atoms with van der Waals surface area (Å²) in [7, 11) is 0. The van der Waals surface area contributed by atoms with E-state index in [0.717, 1.165) is 17.8 Å². The first-order valence-corrected chi connectivity index (χ1v) is 4.37. The van der Waals surface area contributed by atoms with Crippen LogP contribution < -0.4 is 0 Å². The molecule has 0 saturated carbocycles. The zero-order valence-corrected chi connectivity index (χ0v) is 7.30. The topological polar surface area (TPSA) is 0 Å². The van der Waals surface area contributed by atoms with Crippen LogP contribution in [0.2, 0.25) is 0 Å². The second-order valence-electron chi connectivity index (χ2n) is 3.83. The van der Waals surface area contributed by atoms with Crippen LogP contribution in [0, 0.1) is 17.8 Å². The van der Waals surface area contributed by atoms with E-state index in [-0.39, 0.29) is 0 Å². The molecule has 0 fully saturated rings. The molecule has 1 aliphatic carbocycles. The van der Waals surface area contributed by atoms with Gasteiger partial charge in [-0.2, -0.15) is 0 Å². The monoisotopic (exact) mass is 138 g/mol. The smallest absolute Gasteiger partial charge is 0.0317 e. The maximum atomic E-state index is 2.37. The lowest BCUT2D eigenvalue weighted by molar-refractivity contribution is 0.264. The average molecular weight is 138 g/mol. The Morgan fingerprint density at radius 3 is 2.20 bits per heavy atom. The molecule has 0 heteroatoms. The molecule has 0 bridgehead atoms. The van der Waals surface area contributed by atoms with E-state index in [1.54, 1.807) is 0 Å². The van der Waals surface area contributed by atoms with Crippen molar-refractivity contribution in [1.82, 2.24) is 0 Å². The second kappa shape index (κ2) is 3.23. The summed E-state index contributed by atoms with van der Waals surface area (Å²) in [5.41, 5.74) is 0. The molecule has 0 aliphatic heterocycles. The fourth-order valence-electron chi connectivity index (χ4n) is 1.90. The third kappa shape index (κ3) is 1.62. The van der Waals surface area contributed by atoms with Gasteiger partial charge < -0.3 is 0 Å². The summed E-state index contributed by atoms with van der Waals surface area (Å²) in [4.78, 5) is 0. The Hall–Kier alpha value is -0.260. The van der Waals surface area contributed by atoms with Gasteiger partial charge in [-0.15, -0.1) is 0 Å². The Balaban J connectivity index is 2.51. The molecule has 0 unspecified atom stereocenters. The van der Waals surface area contributed by atoms with Gasteiger partial charge in [0.1, 0.15) is 0 Å². The van der Waals surface area contributed by atoms with Crippen molar-refractivity contribution >= 4 is 0 Å². The van der Waals surface area contributed by atoms with Crippen molar-refractivity contribution in [3.8, 4) is 0 Å². The molecule has 0 saturated heterocycles. The Labute approximate surface area is 64.3 Å². The molecule has 0 heterocycles. The van der Waals surface area contributed by atoms with Gasteiger partial charge in [0.25, 0.3) is 0 Å². The summed E-state index contributed by atoms with van der Waals surface area (Å²) in [6.45, 7) is 7.04. The average Bonchev–Trinajstić information content (AvgIpc) is 1.88. The highest BCUT2D eigenvalue weighted by Crippen LogP contribution is 2.30. The predicted molar refractivity (Wildman–Crippen MR) is 45.9 cm³/mol. The molecule has 0 nitrogen and oxygen atoms in total. The first kappa shape index (κ1) is 7.84. The van der Waals surface area contributed by atoms with Gasteiger partial charge in [0.05, 0.1) is 0 Å². The van der Waals surface area contributed by atoms with Gasteiger partial charge in [0.15, 0.2) is 0 Å². The molecule has 0 radical (unpaired) electrons. The maximum absolute atomic E-state index is 2.37. The molecule has 58 valence electrons. The lowest BCUT2D eigenvalue weighted by Gasteiger charge is -2.28. The van der Waals surface area contributed by atoms with Crippen molar-refractivity contribution in [1.29, 1.82) is 0 Å². The number of hydrogen-bond acceptors (Lipinski definition) is 0. The molecule has 0 aromatic heterocycles. The maximum Gasteiger partial charge on any atom is -0.0317 e. The van der Waals surface area contributed by atoms with Crippen LogP contribution in [-0.4, -0.2) is 0 Å². The Bertz CT molecular complexity index is 122. The molecule has 0 aromatic rings. The van der Waals surface area contributed by atoms with E-state index >= 15 is 0 Å². The van der Waals surface area contributed by atoms with Gasteiger partial charge in [-0.1, -0.05) is 32.9 Å². The van der Waals surface area contributed by atoms with Gasteiger partial charge in [-0.05, 0) is 30.6 Å². The first-order valence-electron chi connectivity index (χ1n) is 4.37. The van der Waals surface area contributed by atoms with Crippen molar-refractivity contribution in [2.24, 2.45) is 17.8 Å². The van der Waals surface area contributed by atoms with Crippen molar-refractivity contribution in [3.63, 3.8) is 0 Å². The van der Waals surface area contributed by atoms with Gasteiger partial charge in [0.2, 0.25) is 0 Å². The van der Waals surface area contributed by atoms with Crippen molar-refractivity contribution in [2.45, 2.75) is 33.6 Å². The Morgan fingerprint density at radius 1 is 1.20 bits per heavy atom. The van der Waals surface area contributed by atoms with Crippen LogP contribution in [0.3, 0.4) is 0 Å². The largest absolute Gasteiger partial charge is 0.0883 e. The van der Waals surface area contributed by atoms with E-state index in [1.165, 1.54) is 12.8 Å². The van der Waals surface area contributed by atoms with E-state index in [4.69, 9.17) is 0 Å². The van der Waals surface area contributed by atoms with Crippen molar-refractivity contribution < 1.29 is 0 Å². The molecular formula is C10H18. The van der Waals surface area contributed by atoms with Gasteiger partial charge in [-0.25, -0.2) is 0 Å². The van der Waals surface area contributed by atoms with Gasteiger partial charge in [-0.3, -0.25) is 0 Å². The van der Waals surface area contributed by atoms with Crippen molar-refractivity contribution in [2.75, 3.05) is 0 Å². The summed E-state index contributed by atoms with van der Waals surface area (Å²) in [6.07, 6.45) is 7.26. The molecule has 2 atom stereocenters. The summed E-state index contributed by atoms with van der Waals surface area (Å²) >= 11 is 0. The quantitative estimate of drug-likeness (QED) is 0.488. The van der Waals surface area contributed by atoms with E-state index < -0.39 is 0 Å². The number of allylic oxidation sites excluding steroid dienone is 2. The minimum Gasteiger partial charge on any atom is -0.0883 e. The van der Waals surface area contributed by atoms with Crippen LogP contribution >= 0.6 is 0 Å². The molecule has 0 spiro atoms. The van der Waals surface area contributed by atoms with Crippen LogP contribution in [0.1, 0.15) is 33.6 Å². The van der Waals surface area contributed by atoms with E-state index in [1.807, 2.05) is 0 Å². The van der Waals surface area contributed by atoms with Crippen LogP contribution in [-0.2, 0) is 0 Å². The zero-order valence-electron chi connectivity index (χ0n) is 7.30. The number of hydrogen-bond donors (Lipinski definition) is 0. The fourth-order valence-corrected chi connectivity index (χ4v) is 1.90. The van der Waals surface area contributed by atoms with E-state index in [0.29, 0.717) is 0 Å². The Kier molecular flexibility index (Phi) is 2.53. The molecule has 0 aromatic carbocycles. The van der Waals surface area contributed by atoms with Crippen LogP contribution in [0.4, 0.5) is 0 Å². The highest BCUT2D eigenvalue weighted by atomic mass is 14.3. The van der Waals surface area contributed by atoms with Gasteiger partial charge in [0, 0.05) is 0 Å². The standard InChI is InChI=1S/C10H18/c1-8(2)10-7-5-4-6-9(10)3/h4-5,8-10H,6-7H2,1-3H3/t9-,10-/m1/s1. The lowest BCUT2D eigenvalue weighted by atomic mass is 9.77. The van der Waals surface area contributed by atoms with E-state index in [2.05, 4.69) is 32.9 Å². The highest BCUT2D eigenvalue weighted by Gasteiger charge is 2.20. The first-order chi connectivity index (χ1) is 4.72. The number of rotatable bonds is 1. The molecule has 0 N–H and O–H groups in total. The van der Waals surface area contributed by atoms with Gasteiger partial charge >= 0.3 is 0 Å². The predicted octanol–water partition coefficient (Wildman–Crippen LogP) is 3.24.